The number of fused-ring (bicyclic) bond motifs is 1. The van der Waals surface area contributed by atoms with Gasteiger partial charge in [0, 0.05) is 5.39 Å². The quantitative estimate of drug-likeness (QED) is 0.767. The van der Waals surface area contributed by atoms with E-state index in [4.69, 9.17) is 14.6 Å². The van der Waals surface area contributed by atoms with E-state index >= 15 is 0 Å². The van der Waals surface area contributed by atoms with Crippen LogP contribution in [0.15, 0.2) is 42.5 Å². The lowest BCUT2D eigenvalue weighted by Crippen LogP contribution is -2.35. The van der Waals surface area contributed by atoms with Crippen molar-refractivity contribution in [2.45, 2.75) is 24.6 Å². The van der Waals surface area contributed by atoms with E-state index in [1.807, 2.05) is 36.4 Å². The summed E-state index contributed by atoms with van der Waals surface area (Å²) in [4.78, 5) is 0. The van der Waals surface area contributed by atoms with Crippen molar-refractivity contribution in [3.05, 3.63) is 42.5 Å². The Labute approximate surface area is 116 Å². The predicted molar refractivity (Wildman–Crippen MR) is 72.3 cm³/mol. The lowest BCUT2D eigenvalue weighted by Gasteiger charge is -2.18. The second-order valence-corrected chi connectivity index (χ2v) is 4.80. The molecule has 1 aliphatic rings. The zero-order valence-corrected chi connectivity index (χ0v) is 10.7. The average Bonchev–Trinajstić information content (AvgIpc) is 2.75. The molecule has 3 rings (SSSR count). The van der Waals surface area contributed by atoms with Crippen LogP contribution in [0.3, 0.4) is 0 Å². The zero-order chi connectivity index (χ0) is 14.1. The fraction of sp³-hybridized carbons (Fsp3) is 0.333. The molecule has 106 valence electrons. The average molecular weight is 276 g/mol. The highest BCUT2D eigenvalue weighted by molar-refractivity contribution is 5.88. The van der Waals surface area contributed by atoms with Gasteiger partial charge in [0.2, 0.25) is 6.29 Å². The molecule has 0 radical (unpaired) electrons. The maximum Gasteiger partial charge on any atom is 0.229 e. The predicted octanol–water partition coefficient (Wildman–Crippen LogP) is 0.658. The highest BCUT2D eigenvalue weighted by Gasteiger charge is 2.43. The van der Waals surface area contributed by atoms with Crippen LogP contribution < -0.4 is 4.74 Å². The van der Waals surface area contributed by atoms with Gasteiger partial charge in [-0.1, -0.05) is 36.4 Å². The maximum atomic E-state index is 9.88. The van der Waals surface area contributed by atoms with E-state index in [9.17, 15) is 10.2 Å². The summed E-state index contributed by atoms with van der Waals surface area (Å²) in [6.45, 7) is -0.367. The summed E-state index contributed by atoms with van der Waals surface area (Å²) >= 11 is 0. The topological polar surface area (TPSA) is 79.2 Å². The highest BCUT2D eigenvalue weighted by atomic mass is 16.7. The summed E-state index contributed by atoms with van der Waals surface area (Å²) in [5, 5.41) is 30.6. The van der Waals surface area contributed by atoms with Crippen molar-refractivity contribution in [2.24, 2.45) is 0 Å². The number of aliphatic hydroxyl groups is 3. The lowest BCUT2D eigenvalue weighted by atomic mass is 10.1. The molecule has 1 unspecified atom stereocenters. The van der Waals surface area contributed by atoms with Crippen molar-refractivity contribution < 1.29 is 24.8 Å². The van der Waals surface area contributed by atoms with Gasteiger partial charge in [-0.3, -0.25) is 0 Å². The van der Waals surface area contributed by atoms with Crippen LogP contribution in [-0.4, -0.2) is 46.5 Å². The van der Waals surface area contributed by atoms with Crippen molar-refractivity contribution in [1.29, 1.82) is 0 Å². The SMILES string of the molecule is OC[C@H]1OC(Oc2cccc3ccccc23)[C@@H](O)[C@@H]1O. The molecular weight excluding hydrogens is 260 g/mol. The smallest absolute Gasteiger partial charge is 0.229 e. The zero-order valence-electron chi connectivity index (χ0n) is 10.7. The number of rotatable bonds is 3. The molecule has 5 nitrogen and oxygen atoms in total. The van der Waals surface area contributed by atoms with E-state index in [-0.39, 0.29) is 6.61 Å². The van der Waals surface area contributed by atoms with Crippen LogP contribution in [0.1, 0.15) is 0 Å². The van der Waals surface area contributed by atoms with Gasteiger partial charge >= 0.3 is 0 Å². The molecule has 2 aromatic rings. The monoisotopic (exact) mass is 276 g/mol. The molecule has 0 aliphatic carbocycles. The summed E-state index contributed by atoms with van der Waals surface area (Å²) in [6, 6.07) is 13.3. The largest absolute Gasteiger partial charge is 0.461 e. The van der Waals surface area contributed by atoms with Crippen molar-refractivity contribution in [3.8, 4) is 5.75 Å². The van der Waals surface area contributed by atoms with Gasteiger partial charge in [0.05, 0.1) is 6.61 Å². The van der Waals surface area contributed by atoms with Crippen LogP contribution in [-0.2, 0) is 4.74 Å². The third-order valence-electron chi connectivity index (χ3n) is 3.49. The van der Waals surface area contributed by atoms with Gasteiger partial charge in [-0.15, -0.1) is 0 Å². The second-order valence-electron chi connectivity index (χ2n) is 4.80. The van der Waals surface area contributed by atoms with Crippen LogP contribution in [0.4, 0.5) is 0 Å². The van der Waals surface area contributed by atoms with Crippen molar-refractivity contribution in [2.75, 3.05) is 6.61 Å². The first-order valence-electron chi connectivity index (χ1n) is 6.47. The van der Waals surface area contributed by atoms with Gasteiger partial charge in [0.1, 0.15) is 24.1 Å². The third kappa shape index (κ3) is 2.25. The Bertz CT molecular complexity index is 594. The van der Waals surface area contributed by atoms with Gasteiger partial charge in [0.25, 0.3) is 0 Å². The fourth-order valence-electron chi connectivity index (χ4n) is 2.39. The van der Waals surface area contributed by atoms with Crippen molar-refractivity contribution in [3.63, 3.8) is 0 Å². The summed E-state index contributed by atoms with van der Waals surface area (Å²) in [6.07, 6.45) is -4.16. The van der Waals surface area contributed by atoms with Crippen LogP contribution in [0.5, 0.6) is 5.75 Å². The van der Waals surface area contributed by atoms with Gasteiger partial charge < -0.3 is 24.8 Å². The van der Waals surface area contributed by atoms with E-state index in [0.717, 1.165) is 10.8 Å². The molecule has 0 saturated carbocycles. The number of aliphatic hydroxyl groups excluding tert-OH is 3. The molecule has 1 aliphatic heterocycles. The Hall–Kier alpha value is -1.66. The lowest BCUT2D eigenvalue weighted by molar-refractivity contribution is -0.115. The third-order valence-corrected chi connectivity index (χ3v) is 3.49. The highest BCUT2D eigenvalue weighted by Crippen LogP contribution is 2.29. The normalized spacial score (nSPS) is 29.8. The first kappa shape index (κ1) is 13.3. The molecule has 0 bridgehead atoms. The standard InChI is InChI=1S/C15H16O5/c16-8-12-13(17)14(18)15(20-12)19-11-7-3-5-9-4-1-2-6-10(9)11/h1-7,12-18H,8H2/t12-,13-,14+,15?/m1/s1. The molecule has 1 fully saturated rings. The number of hydrogen-bond acceptors (Lipinski definition) is 5. The van der Waals surface area contributed by atoms with Gasteiger partial charge in [-0.25, -0.2) is 0 Å². The number of benzene rings is 2. The minimum absolute atomic E-state index is 0.367. The van der Waals surface area contributed by atoms with Gasteiger partial charge in [0.15, 0.2) is 0 Å². The Morgan fingerprint density at radius 1 is 1.00 bits per heavy atom. The van der Waals surface area contributed by atoms with Crippen LogP contribution in [0.2, 0.25) is 0 Å². The summed E-state index contributed by atoms with van der Waals surface area (Å²) in [5.41, 5.74) is 0. The fourth-order valence-corrected chi connectivity index (χ4v) is 2.39. The minimum Gasteiger partial charge on any atom is -0.461 e. The van der Waals surface area contributed by atoms with E-state index in [2.05, 4.69) is 0 Å². The molecule has 5 heteroatoms. The Kier molecular flexibility index (Phi) is 3.58. The molecule has 3 N–H and O–H groups in total. The van der Waals surface area contributed by atoms with Crippen molar-refractivity contribution >= 4 is 10.8 Å². The molecular formula is C15H16O5. The molecule has 1 saturated heterocycles. The van der Waals surface area contributed by atoms with Crippen molar-refractivity contribution in [1.82, 2.24) is 0 Å². The number of ether oxygens (including phenoxy) is 2. The first-order valence-corrected chi connectivity index (χ1v) is 6.47. The molecule has 0 amide bonds. The summed E-state index contributed by atoms with van der Waals surface area (Å²) in [5.74, 6) is 0.568. The van der Waals surface area contributed by atoms with E-state index in [1.165, 1.54) is 0 Å². The number of hydrogen-bond donors (Lipinski definition) is 3. The molecule has 0 spiro atoms. The minimum atomic E-state index is -1.19. The Morgan fingerprint density at radius 2 is 1.75 bits per heavy atom. The maximum absolute atomic E-state index is 9.88. The van der Waals surface area contributed by atoms with E-state index < -0.39 is 24.6 Å². The van der Waals surface area contributed by atoms with Crippen LogP contribution in [0.25, 0.3) is 10.8 Å². The Morgan fingerprint density at radius 3 is 2.50 bits per heavy atom. The Balaban J connectivity index is 1.87. The van der Waals surface area contributed by atoms with Gasteiger partial charge in [-0.05, 0) is 11.5 Å². The molecule has 2 aromatic carbocycles. The molecule has 4 atom stereocenters. The molecule has 0 aromatic heterocycles. The van der Waals surface area contributed by atoms with E-state index in [0.29, 0.717) is 5.75 Å². The summed E-state index contributed by atoms with van der Waals surface area (Å²) in [7, 11) is 0. The second kappa shape index (κ2) is 5.38. The van der Waals surface area contributed by atoms with Gasteiger partial charge in [-0.2, -0.15) is 0 Å². The first-order chi connectivity index (χ1) is 9.70. The molecule has 1 heterocycles. The van der Waals surface area contributed by atoms with Crippen LogP contribution >= 0.6 is 0 Å². The molecule has 20 heavy (non-hydrogen) atoms. The van der Waals surface area contributed by atoms with E-state index in [1.54, 1.807) is 6.07 Å². The van der Waals surface area contributed by atoms with Crippen LogP contribution in [0, 0.1) is 0 Å². The summed E-state index contributed by atoms with van der Waals surface area (Å²) < 4.78 is 11.0.